The molecule has 0 saturated carbocycles. The van der Waals surface area contributed by atoms with Crippen LogP contribution in [-0.2, 0) is 0 Å². The highest BCUT2D eigenvalue weighted by Gasteiger charge is 2.14. The fraction of sp³-hybridized carbons (Fsp3) is 0.538. The van der Waals surface area contributed by atoms with Gasteiger partial charge in [0.2, 0.25) is 0 Å². The first-order valence-electron chi connectivity index (χ1n) is 6.20. The number of carbonyl (C=O) groups is 1. The van der Waals surface area contributed by atoms with Crippen molar-refractivity contribution in [1.29, 1.82) is 0 Å². The molecule has 0 saturated heterocycles. The number of aromatic nitrogens is 1. The highest BCUT2D eigenvalue weighted by atomic mass is 32.2. The zero-order valence-corrected chi connectivity index (χ0v) is 12.0. The maximum absolute atomic E-state index is 12.2. The molecule has 0 fully saturated rings. The normalized spacial score (nSPS) is 11.9. The van der Waals surface area contributed by atoms with E-state index in [4.69, 9.17) is 0 Å². The van der Waals surface area contributed by atoms with Gasteiger partial charge in [-0.25, -0.2) is 0 Å². The summed E-state index contributed by atoms with van der Waals surface area (Å²) in [5.74, 6) is 0.874. The Bertz CT molecular complexity index is 384. The lowest BCUT2D eigenvalue weighted by Gasteiger charge is -2.17. The molecular formula is C13H21N3OS. The van der Waals surface area contributed by atoms with Crippen molar-refractivity contribution in [3.63, 3.8) is 0 Å². The van der Waals surface area contributed by atoms with Crippen LogP contribution >= 0.6 is 11.8 Å². The van der Waals surface area contributed by atoms with Crippen molar-refractivity contribution < 1.29 is 4.79 Å². The monoisotopic (exact) mass is 267 g/mol. The number of nitrogens with zero attached hydrogens (tertiary/aromatic N) is 1. The molecule has 1 aromatic heterocycles. The first-order chi connectivity index (χ1) is 8.72. The summed E-state index contributed by atoms with van der Waals surface area (Å²) in [5, 5.41) is 6.22. The smallest absolute Gasteiger partial charge is 0.255 e. The van der Waals surface area contributed by atoms with Crippen molar-refractivity contribution in [2.75, 3.05) is 23.9 Å². The summed E-state index contributed by atoms with van der Waals surface area (Å²) in [6, 6.07) is 2.04. The molecule has 2 N–H and O–H groups in total. The lowest BCUT2D eigenvalue weighted by atomic mass is 10.2. The fourth-order valence-corrected chi connectivity index (χ4v) is 2.37. The summed E-state index contributed by atoms with van der Waals surface area (Å²) >= 11 is 1.74. The van der Waals surface area contributed by atoms with E-state index < -0.39 is 0 Å². The van der Waals surface area contributed by atoms with Crippen LogP contribution in [0.25, 0.3) is 0 Å². The minimum absolute atomic E-state index is 0.0556. The second kappa shape index (κ2) is 7.97. The van der Waals surface area contributed by atoms with Crippen LogP contribution in [0.4, 0.5) is 5.69 Å². The van der Waals surface area contributed by atoms with Gasteiger partial charge in [-0.05, 0) is 25.7 Å². The number of carbonyl (C=O) groups excluding carboxylic acids is 1. The van der Waals surface area contributed by atoms with Crippen molar-refractivity contribution >= 4 is 23.4 Å². The molecular weight excluding hydrogens is 246 g/mol. The van der Waals surface area contributed by atoms with Gasteiger partial charge in [0.1, 0.15) is 0 Å². The van der Waals surface area contributed by atoms with E-state index in [0.29, 0.717) is 5.56 Å². The quantitative estimate of drug-likeness (QED) is 0.796. The van der Waals surface area contributed by atoms with Crippen LogP contribution in [0.5, 0.6) is 0 Å². The second-order valence-electron chi connectivity index (χ2n) is 3.99. The third-order valence-corrected chi connectivity index (χ3v) is 3.36. The maximum Gasteiger partial charge on any atom is 0.255 e. The number of hydrogen-bond donors (Lipinski definition) is 2. The van der Waals surface area contributed by atoms with Gasteiger partial charge in [-0.1, -0.05) is 6.92 Å². The van der Waals surface area contributed by atoms with Crippen LogP contribution < -0.4 is 10.6 Å². The average molecular weight is 267 g/mol. The van der Waals surface area contributed by atoms with Crippen LogP contribution in [0, 0.1) is 0 Å². The average Bonchev–Trinajstić information content (AvgIpc) is 2.39. The zero-order chi connectivity index (χ0) is 13.4. The molecule has 1 heterocycles. The highest BCUT2D eigenvalue weighted by Crippen LogP contribution is 2.13. The SMILES string of the molecule is CCNc1ccncc1C(=O)NC(CC)CSC. The molecule has 4 nitrogen and oxygen atoms in total. The molecule has 0 aliphatic heterocycles. The molecule has 1 aromatic rings. The number of pyridine rings is 1. The van der Waals surface area contributed by atoms with Gasteiger partial charge in [0.05, 0.1) is 11.3 Å². The van der Waals surface area contributed by atoms with E-state index >= 15 is 0 Å². The Hall–Kier alpha value is -1.23. The van der Waals surface area contributed by atoms with Crippen molar-refractivity contribution in [3.8, 4) is 0 Å². The lowest BCUT2D eigenvalue weighted by Crippen LogP contribution is -2.36. The molecule has 0 aromatic carbocycles. The Balaban J connectivity index is 2.76. The minimum Gasteiger partial charge on any atom is -0.385 e. The van der Waals surface area contributed by atoms with Crippen molar-refractivity contribution in [2.24, 2.45) is 0 Å². The van der Waals surface area contributed by atoms with E-state index in [1.54, 1.807) is 24.2 Å². The molecule has 100 valence electrons. The van der Waals surface area contributed by atoms with E-state index in [-0.39, 0.29) is 11.9 Å². The Morgan fingerprint density at radius 1 is 1.50 bits per heavy atom. The van der Waals surface area contributed by atoms with Crippen molar-refractivity contribution in [1.82, 2.24) is 10.3 Å². The van der Waals surface area contributed by atoms with Crippen LogP contribution in [0.2, 0.25) is 0 Å². The Morgan fingerprint density at radius 3 is 2.89 bits per heavy atom. The highest BCUT2D eigenvalue weighted by molar-refractivity contribution is 7.98. The Morgan fingerprint density at radius 2 is 2.28 bits per heavy atom. The van der Waals surface area contributed by atoms with E-state index in [1.807, 2.05) is 19.2 Å². The molecule has 0 aliphatic carbocycles. The molecule has 1 atom stereocenters. The first kappa shape index (κ1) is 14.8. The molecule has 0 spiro atoms. The standard InChI is InChI=1S/C13H21N3OS/c1-4-10(9-18-3)16-13(17)11-8-14-7-6-12(11)15-5-2/h6-8,10H,4-5,9H2,1-3H3,(H,14,15)(H,16,17). The predicted octanol–water partition coefficient (Wildman–Crippen LogP) is 2.38. The summed E-state index contributed by atoms with van der Waals surface area (Å²) in [6.07, 6.45) is 6.28. The van der Waals surface area contributed by atoms with E-state index in [1.165, 1.54) is 0 Å². The topological polar surface area (TPSA) is 54.0 Å². The van der Waals surface area contributed by atoms with Crippen LogP contribution in [0.15, 0.2) is 18.5 Å². The summed E-state index contributed by atoms with van der Waals surface area (Å²) in [6.45, 7) is 4.87. The summed E-state index contributed by atoms with van der Waals surface area (Å²) in [5.41, 5.74) is 1.45. The van der Waals surface area contributed by atoms with Crippen molar-refractivity contribution in [3.05, 3.63) is 24.0 Å². The largest absolute Gasteiger partial charge is 0.385 e. The van der Waals surface area contributed by atoms with Crippen LogP contribution in [-0.4, -0.2) is 35.5 Å². The zero-order valence-electron chi connectivity index (χ0n) is 11.2. The second-order valence-corrected chi connectivity index (χ2v) is 4.90. The van der Waals surface area contributed by atoms with Gasteiger partial charge in [-0.15, -0.1) is 0 Å². The van der Waals surface area contributed by atoms with Gasteiger partial charge < -0.3 is 10.6 Å². The Kier molecular flexibility index (Phi) is 6.57. The maximum atomic E-state index is 12.2. The van der Waals surface area contributed by atoms with Gasteiger partial charge in [0.15, 0.2) is 0 Å². The van der Waals surface area contributed by atoms with Gasteiger partial charge in [0, 0.05) is 30.7 Å². The van der Waals surface area contributed by atoms with Gasteiger partial charge in [-0.3, -0.25) is 9.78 Å². The predicted molar refractivity (Wildman–Crippen MR) is 78.3 cm³/mol. The molecule has 0 bridgehead atoms. The number of anilines is 1. The number of rotatable bonds is 7. The lowest BCUT2D eigenvalue weighted by molar-refractivity contribution is 0.0940. The van der Waals surface area contributed by atoms with E-state index in [0.717, 1.165) is 24.4 Å². The minimum atomic E-state index is -0.0556. The molecule has 0 radical (unpaired) electrons. The number of thioether (sulfide) groups is 1. The third kappa shape index (κ3) is 4.22. The molecule has 1 amide bonds. The van der Waals surface area contributed by atoms with Gasteiger partial charge in [0.25, 0.3) is 5.91 Å². The number of nitrogens with one attached hydrogen (secondary N) is 2. The molecule has 0 aliphatic rings. The third-order valence-electron chi connectivity index (χ3n) is 2.63. The molecule has 5 heteroatoms. The summed E-state index contributed by atoms with van der Waals surface area (Å²) < 4.78 is 0. The molecule has 1 rings (SSSR count). The van der Waals surface area contributed by atoms with Crippen molar-refractivity contribution in [2.45, 2.75) is 26.3 Å². The van der Waals surface area contributed by atoms with Crippen LogP contribution in [0.3, 0.4) is 0 Å². The van der Waals surface area contributed by atoms with Gasteiger partial charge in [-0.2, -0.15) is 11.8 Å². The Labute approximate surface area is 113 Å². The fourth-order valence-electron chi connectivity index (χ4n) is 1.65. The van der Waals surface area contributed by atoms with Crippen LogP contribution in [0.1, 0.15) is 30.6 Å². The first-order valence-corrected chi connectivity index (χ1v) is 7.59. The van der Waals surface area contributed by atoms with Gasteiger partial charge >= 0.3 is 0 Å². The van der Waals surface area contributed by atoms with E-state index in [9.17, 15) is 4.79 Å². The number of hydrogen-bond acceptors (Lipinski definition) is 4. The summed E-state index contributed by atoms with van der Waals surface area (Å²) in [7, 11) is 0. The molecule has 18 heavy (non-hydrogen) atoms. The summed E-state index contributed by atoms with van der Waals surface area (Å²) in [4.78, 5) is 16.2. The number of amides is 1. The van der Waals surface area contributed by atoms with E-state index in [2.05, 4.69) is 22.5 Å². The molecule has 1 unspecified atom stereocenters.